The molecule has 0 aliphatic heterocycles. The van der Waals surface area contributed by atoms with E-state index in [4.69, 9.17) is 21.1 Å². The maximum atomic E-state index is 5.19. The highest BCUT2D eigenvalue weighted by molar-refractivity contribution is 6.17. The van der Waals surface area contributed by atoms with Gasteiger partial charge in [-0.2, -0.15) is 0 Å². The normalized spacial score (nSPS) is 13.7. The van der Waals surface area contributed by atoms with Gasteiger partial charge in [-0.25, -0.2) is 0 Å². The number of rotatable bonds is 5. The first-order valence-electron chi connectivity index (χ1n) is 2.59. The minimum absolute atomic E-state index is 0.149. The number of ether oxygens (including phenoxy) is 3. The van der Waals surface area contributed by atoms with E-state index in [1.165, 1.54) is 0 Å². The van der Waals surface area contributed by atoms with Crippen LogP contribution in [0.1, 0.15) is 6.92 Å². The Morgan fingerprint density at radius 2 is 2.22 bits per heavy atom. The molecule has 56 valence electrons. The van der Waals surface area contributed by atoms with Crippen molar-refractivity contribution in [2.45, 2.75) is 13.2 Å². The van der Waals surface area contributed by atoms with Crippen molar-refractivity contribution in [3.8, 4) is 0 Å². The third-order valence-corrected chi connectivity index (χ3v) is 0.949. The van der Waals surface area contributed by atoms with Crippen molar-refractivity contribution in [1.82, 2.24) is 0 Å². The molecular weight excluding hydrogens is 144 g/mol. The molecule has 0 aromatic heterocycles. The molecule has 0 radical (unpaired) electrons. The fourth-order valence-corrected chi connectivity index (χ4v) is 0.306. The lowest BCUT2D eigenvalue weighted by atomic mass is 10.8. The van der Waals surface area contributed by atoms with Crippen molar-refractivity contribution in [2.24, 2.45) is 0 Å². The summed E-state index contributed by atoms with van der Waals surface area (Å²) in [5.74, 6) is 0. The summed E-state index contributed by atoms with van der Waals surface area (Å²) >= 11 is 5.19. The van der Waals surface area contributed by atoms with Gasteiger partial charge in [0.25, 0.3) is 0 Å². The molecule has 4 heteroatoms. The van der Waals surface area contributed by atoms with Gasteiger partial charge in [-0.05, 0) is 6.92 Å². The van der Waals surface area contributed by atoms with Gasteiger partial charge in [-0.1, -0.05) is 11.6 Å². The van der Waals surface area contributed by atoms with E-state index in [1.807, 2.05) is 0 Å². The standard InChI is InChI=1S/C5H11ClO3/c1-5(7-2)9-4-8-3-6/h5H,3-4H2,1-2H3. The second-order valence-corrected chi connectivity index (χ2v) is 1.62. The summed E-state index contributed by atoms with van der Waals surface area (Å²) in [4.78, 5) is 0. The molecule has 0 saturated heterocycles. The van der Waals surface area contributed by atoms with Gasteiger partial charge in [0.1, 0.15) is 6.07 Å². The summed E-state index contributed by atoms with van der Waals surface area (Å²) in [6.07, 6.45) is -0.229. The highest BCUT2D eigenvalue weighted by atomic mass is 35.5. The van der Waals surface area contributed by atoms with Crippen LogP contribution in [0, 0.1) is 0 Å². The summed E-state index contributed by atoms with van der Waals surface area (Å²) in [6.45, 7) is 1.95. The first kappa shape index (κ1) is 9.17. The lowest BCUT2D eigenvalue weighted by molar-refractivity contribution is -0.168. The van der Waals surface area contributed by atoms with Gasteiger partial charge in [0, 0.05) is 7.11 Å². The Hall–Kier alpha value is 0.170. The summed E-state index contributed by atoms with van der Waals surface area (Å²) in [7, 11) is 1.56. The molecule has 0 aromatic rings. The minimum Gasteiger partial charge on any atom is -0.356 e. The largest absolute Gasteiger partial charge is 0.356 e. The van der Waals surface area contributed by atoms with Crippen LogP contribution in [0.25, 0.3) is 0 Å². The van der Waals surface area contributed by atoms with Crippen molar-refractivity contribution in [2.75, 3.05) is 20.0 Å². The van der Waals surface area contributed by atoms with E-state index in [1.54, 1.807) is 14.0 Å². The summed E-state index contributed by atoms with van der Waals surface area (Å²) in [6, 6.07) is 0.149. The lowest BCUT2D eigenvalue weighted by Gasteiger charge is -2.09. The molecule has 0 saturated carbocycles. The molecule has 0 fully saturated rings. The Morgan fingerprint density at radius 3 is 2.67 bits per heavy atom. The van der Waals surface area contributed by atoms with Crippen molar-refractivity contribution in [1.29, 1.82) is 0 Å². The van der Waals surface area contributed by atoms with Crippen LogP contribution in [0.5, 0.6) is 0 Å². The molecule has 0 heterocycles. The average Bonchev–Trinajstić information content (AvgIpc) is 1.89. The molecule has 0 aliphatic carbocycles. The highest BCUT2D eigenvalue weighted by Gasteiger charge is 1.95. The fourth-order valence-electron chi connectivity index (χ4n) is 0.243. The van der Waals surface area contributed by atoms with E-state index in [0.717, 1.165) is 0 Å². The van der Waals surface area contributed by atoms with E-state index in [0.29, 0.717) is 0 Å². The molecule has 0 spiro atoms. The number of hydrogen-bond acceptors (Lipinski definition) is 3. The molecule has 0 aliphatic rings. The molecule has 0 bridgehead atoms. The van der Waals surface area contributed by atoms with Crippen LogP contribution in [-0.4, -0.2) is 26.3 Å². The Balaban J connectivity index is 2.88. The quantitative estimate of drug-likeness (QED) is 0.338. The van der Waals surface area contributed by atoms with Crippen molar-refractivity contribution >= 4 is 11.6 Å². The van der Waals surface area contributed by atoms with Crippen molar-refractivity contribution < 1.29 is 14.2 Å². The van der Waals surface area contributed by atoms with E-state index in [9.17, 15) is 0 Å². The topological polar surface area (TPSA) is 27.7 Å². The van der Waals surface area contributed by atoms with Gasteiger partial charge in [0.05, 0.1) is 0 Å². The van der Waals surface area contributed by atoms with Crippen molar-refractivity contribution in [3.63, 3.8) is 0 Å². The maximum Gasteiger partial charge on any atom is 0.157 e. The predicted molar refractivity (Wildman–Crippen MR) is 34.2 cm³/mol. The van der Waals surface area contributed by atoms with Crippen molar-refractivity contribution in [3.05, 3.63) is 0 Å². The van der Waals surface area contributed by atoms with Crippen LogP contribution < -0.4 is 0 Å². The highest BCUT2D eigenvalue weighted by Crippen LogP contribution is 1.90. The van der Waals surface area contributed by atoms with Gasteiger partial charge in [-0.3, -0.25) is 0 Å². The van der Waals surface area contributed by atoms with Crippen LogP contribution in [0.4, 0.5) is 0 Å². The van der Waals surface area contributed by atoms with Gasteiger partial charge in [0.2, 0.25) is 0 Å². The zero-order valence-corrected chi connectivity index (χ0v) is 6.35. The molecule has 0 N–H and O–H groups in total. The number of halogens is 1. The summed E-state index contributed by atoms with van der Waals surface area (Å²) in [5, 5.41) is 0. The number of methoxy groups -OCH3 is 1. The van der Waals surface area contributed by atoms with E-state index < -0.39 is 0 Å². The molecule has 0 rings (SSSR count). The monoisotopic (exact) mass is 154 g/mol. The molecule has 0 amide bonds. The Morgan fingerprint density at radius 1 is 1.56 bits per heavy atom. The number of hydrogen-bond donors (Lipinski definition) is 0. The molecule has 9 heavy (non-hydrogen) atoms. The third-order valence-electron chi connectivity index (χ3n) is 0.795. The zero-order valence-electron chi connectivity index (χ0n) is 5.59. The van der Waals surface area contributed by atoms with Gasteiger partial charge in [-0.15, -0.1) is 0 Å². The van der Waals surface area contributed by atoms with Crippen LogP contribution in [0.2, 0.25) is 0 Å². The lowest BCUT2D eigenvalue weighted by Crippen LogP contribution is -2.12. The maximum absolute atomic E-state index is 5.19. The molecule has 1 atom stereocenters. The Bertz CT molecular complexity index is 60.2. The fraction of sp³-hybridized carbons (Fsp3) is 1.00. The second-order valence-electron chi connectivity index (χ2n) is 1.40. The first-order chi connectivity index (χ1) is 4.31. The van der Waals surface area contributed by atoms with Gasteiger partial charge in [0.15, 0.2) is 13.1 Å². The summed E-state index contributed by atoms with van der Waals surface area (Å²) in [5.41, 5.74) is 0. The minimum atomic E-state index is -0.229. The van der Waals surface area contributed by atoms with E-state index in [-0.39, 0.29) is 19.1 Å². The molecular formula is C5H11ClO3. The average molecular weight is 155 g/mol. The number of alkyl halides is 1. The Kier molecular flexibility index (Phi) is 6.41. The molecule has 1 unspecified atom stereocenters. The van der Waals surface area contributed by atoms with Gasteiger partial charge >= 0.3 is 0 Å². The Labute approximate surface area is 59.8 Å². The van der Waals surface area contributed by atoms with E-state index >= 15 is 0 Å². The van der Waals surface area contributed by atoms with Crippen LogP contribution in [0.3, 0.4) is 0 Å². The van der Waals surface area contributed by atoms with E-state index in [2.05, 4.69) is 4.74 Å². The van der Waals surface area contributed by atoms with Crippen LogP contribution in [-0.2, 0) is 14.2 Å². The van der Waals surface area contributed by atoms with Gasteiger partial charge < -0.3 is 14.2 Å². The first-order valence-corrected chi connectivity index (χ1v) is 3.12. The second kappa shape index (κ2) is 6.29. The third kappa shape index (κ3) is 6.05. The zero-order chi connectivity index (χ0) is 7.11. The van der Waals surface area contributed by atoms with Crippen LogP contribution >= 0.6 is 11.6 Å². The smallest absolute Gasteiger partial charge is 0.157 e. The molecule has 0 aromatic carbocycles. The SMILES string of the molecule is COC(C)OCOCCl. The van der Waals surface area contributed by atoms with Crippen LogP contribution in [0.15, 0.2) is 0 Å². The summed E-state index contributed by atoms with van der Waals surface area (Å²) < 4.78 is 14.3. The predicted octanol–water partition coefficient (Wildman–Crippen LogP) is 1.17. The molecule has 3 nitrogen and oxygen atoms in total.